The molecule has 0 aromatic heterocycles. The summed E-state index contributed by atoms with van der Waals surface area (Å²) in [6.07, 6.45) is 4.39. The van der Waals surface area contributed by atoms with Crippen LogP contribution in [-0.4, -0.2) is 12.4 Å². The molecule has 0 fully saturated rings. The molecular formula is C13H14O2. The van der Waals surface area contributed by atoms with Gasteiger partial charge in [-0.2, -0.15) is 0 Å². The second-order valence-corrected chi connectivity index (χ2v) is 3.74. The molecule has 0 amide bonds. The molecule has 1 unspecified atom stereocenters. The quantitative estimate of drug-likeness (QED) is 0.749. The second kappa shape index (κ2) is 4.89. The van der Waals surface area contributed by atoms with Gasteiger partial charge in [-0.1, -0.05) is 36.4 Å². The first-order valence-corrected chi connectivity index (χ1v) is 5.18. The molecule has 0 bridgehead atoms. The normalized spacial score (nSPS) is 19.7. The zero-order valence-electron chi connectivity index (χ0n) is 8.56. The van der Waals surface area contributed by atoms with Crippen molar-refractivity contribution >= 4 is 5.78 Å². The zero-order chi connectivity index (χ0) is 10.5. The van der Waals surface area contributed by atoms with Crippen LogP contribution in [0.4, 0.5) is 0 Å². The maximum atomic E-state index is 11.2. The second-order valence-electron chi connectivity index (χ2n) is 3.74. The van der Waals surface area contributed by atoms with E-state index in [0.29, 0.717) is 13.2 Å². The minimum Gasteiger partial charge on any atom is -0.376 e. The maximum absolute atomic E-state index is 11.2. The van der Waals surface area contributed by atoms with Crippen molar-refractivity contribution in [3.63, 3.8) is 0 Å². The third-order valence-electron chi connectivity index (χ3n) is 2.54. The van der Waals surface area contributed by atoms with E-state index in [-0.39, 0.29) is 11.7 Å². The van der Waals surface area contributed by atoms with Gasteiger partial charge in [0.25, 0.3) is 0 Å². The van der Waals surface area contributed by atoms with Crippen LogP contribution in [0, 0.1) is 5.92 Å². The molecule has 0 spiro atoms. The summed E-state index contributed by atoms with van der Waals surface area (Å²) in [5.41, 5.74) is 1.15. The fraction of sp³-hybridized carbons (Fsp3) is 0.308. The summed E-state index contributed by atoms with van der Waals surface area (Å²) in [6.45, 7) is 1.12. The molecule has 0 saturated heterocycles. The minimum absolute atomic E-state index is 0.0497. The number of benzene rings is 1. The minimum atomic E-state index is 0.0497. The van der Waals surface area contributed by atoms with Crippen LogP contribution in [0.1, 0.15) is 12.0 Å². The summed E-state index contributed by atoms with van der Waals surface area (Å²) in [7, 11) is 0. The van der Waals surface area contributed by atoms with E-state index < -0.39 is 0 Å². The number of hydrogen-bond acceptors (Lipinski definition) is 2. The summed E-state index contributed by atoms with van der Waals surface area (Å²) < 4.78 is 5.51. The van der Waals surface area contributed by atoms with Gasteiger partial charge in [-0.25, -0.2) is 0 Å². The van der Waals surface area contributed by atoms with E-state index in [1.54, 1.807) is 6.08 Å². The largest absolute Gasteiger partial charge is 0.376 e. The van der Waals surface area contributed by atoms with Gasteiger partial charge >= 0.3 is 0 Å². The predicted octanol–water partition coefficient (Wildman–Crippen LogP) is 2.35. The molecule has 1 aromatic carbocycles. The number of ketones is 1. The van der Waals surface area contributed by atoms with Crippen molar-refractivity contribution in [1.29, 1.82) is 0 Å². The lowest BCUT2D eigenvalue weighted by atomic mass is 10.1. The molecular weight excluding hydrogens is 188 g/mol. The van der Waals surface area contributed by atoms with Gasteiger partial charge in [0.1, 0.15) is 0 Å². The summed E-state index contributed by atoms with van der Waals surface area (Å²) >= 11 is 0. The first-order chi connectivity index (χ1) is 7.36. The first kappa shape index (κ1) is 10.1. The molecule has 0 saturated carbocycles. The highest BCUT2D eigenvalue weighted by atomic mass is 16.5. The average Bonchev–Trinajstić information content (AvgIpc) is 2.66. The van der Waals surface area contributed by atoms with Gasteiger partial charge in [0.15, 0.2) is 5.78 Å². The van der Waals surface area contributed by atoms with Gasteiger partial charge in [-0.05, 0) is 18.1 Å². The summed E-state index contributed by atoms with van der Waals surface area (Å²) in [4.78, 5) is 11.2. The smallest absolute Gasteiger partial charge is 0.161 e. The molecule has 1 aliphatic rings. The van der Waals surface area contributed by atoms with Crippen molar-refractivity contribution in [1.82, 2.24) is 0 Å². The maximum Gasteiger partial charge on any atom is 0.161 e. The van der Waals surface area contributed by atoms with E-state index >= 15 is 0 Å². The molecule has 78 valence electrons. The van der Waals surface area contributed by atoms with Crippen LogP contribution in [-0.2, 0) is 16.1 Å². The lowest BCUT2D eigenvalue weighted by Crippen LogP contribution is -2.14. The molecule has 2 rings (SSSR count). The Bertz CT molecular complexity index is 354. The number of allylic oxidation sites excluding steroid dienone is 2. The van der Waals surface area contributed by atoms with Crippen LogP contribution < -0.4 is 0 Å². The Morgan fingerprint density at radius 2 is 2.07 bits per heavy atom. The Labute approximate surface area is 89.6 Å². The molecule has 0 heterocycles. The summed E-state index contributed by atoms with van der Waals surface area (Å²) in [5.74, 6) is 0.247. The summed E-state index contributed by atoms with van der Waals surface area (Å²) in [6, 6.07) is 10.00. The molecule has 0 radical (unpaired) electrons. The van der Waals surface area contributed by atoms with E-state index in [4.69, 9.17) is 4.74 Å². The van der Waals surface area contributed by atoms with E-state index in [1.807, 2.05) is 36.4 Å². The van der Waals surface area contributed by atoms with E-state index in [9.17, 15) is 4.79 Å². The van der Waals surface area contributed by atoms with Crippen LogP contribution in [0.5, 0.6) is 0 Å². The van der Waals surface area contributed by atoms with Gasteiger partial charge in [0, 0.05) is 5.92 Å². The molecule has 15 heavy (non-hydrogen) atoms. The topological polar surface area (TPSA) is 26.3 Å². The Balaban J connectivity index is 1.74. The van der Waals surface area contributed by atoms with Crippen molar-refractivity contribution in [2.75, 3.05) is 6.61 Å². The van der Waals surface area contributed by atoms with Gasteiger partial charge in [0.05, 0.1) is 13.2 Å². The van der Waals surface area contributed by atoms with E-state index in [0.717, 1.165) is 12.0 Å². The monoisotopic (exact) mass is 202 g/mol. The highest BCUT2D eigenvalue weighted by molar-refractivity contribution is 5.94. The van der Waals surface area contributed by atoms with Gasteiger partial charge in [0.2, 0.25) is 0 Å². The molecule has 0 N–H and O–H groups in total. The van der Waals surface area contributed by atoms with Crippen LogP contribution in [0.2, 0.25) is 0 Å². The third-order valence-corrected chi connectivity index (χ3v) is 2.54. The van der Waals surface area contributed by atoms with Crippen molar-refractivity contribution in [3.8, 4) is 0 Å². The standard InChI is InChI=1S/C13H14O2/c14-13-8-4-7-12(13)10-15-9-11-5-2-1-3-6-11/h1-6,8,12H,7,9-10H2. The van der Waals surface area contributed by atoms with Crippen LogP contribution in [0.25, 0.3) is 0 Å². The number of carbonyl (C=O) groups is 1. The van der Waals surface area contributed by atoms with Gasteiger partial charge < -0.3 is 4.74 Å². The highest BCUT2D eigenvalue weighted by Crippen LogP contribution is 2.15. The molecule has 1 aliphatic carbocycles. The molecule has 1 aromatic rings. The number of carbonyl (C=O) groups excluding carboxylic acids is 1. The third kappa shape index (κ3) is 2.77. The van der Waals surface area contributed by atoms with Crippen molar-refractivity contribution < 1.29 is 9.53 Å². The van der Waals surface area contributed by atoms with Gasteiger partial charge in [-0.15, -0.1) is 0 Å². The van der Waals surface area contributed by atoms with Crippen LogP contribution in [0.15, 0.2) is 42.5 Å². The van der Waals surface area contributed by atoms with E-state index in [2.05, 4.69) is 0 Å². The van der Waals surface area contributed by atoms with Crippen LogP contribution in [0.3, 0.4) is 0 Å². The fourth-order valence-electron chi connectivity index (χ4n) is 1.64. The molecule has 1 atom stereocenters. The van der Waals surface area contributed by atoms with Gasteiger partial charge in [-0.3, -0.25) is 4.79 Å². The Morgan fingerprint density at radius 1 is 1.27 bits per heavy atom. The van der Waals surface area contributed by atoms with Crippen molar-refractivity contribution in [2.24, 2.45) is 5.92 Å². The van der Waals surface area contributed by atoms with Crippen LogP contribution >= 0.6 is 0 Å². The lowest BCUT2D eigenvalue weighted by molar-refractivity contribution is -0.119. The molecule has 2 heteroatoms. The van der Waals surface area contributed by atoms with E-state index in [1.165, 1.54) is 0 Å². The Morgan fingerprint density at radius 3 is 2.73 bits per heavy atom. The zero-order valence-corrected chi connectivity index (χ0v) is 8.56. The van der Waals surface area contributed by atoms with Crippen molar-refractivity contribution in [3.05, 3.63) is 48.0 Å². The lowest BCUT2D eigenvalue weighted by Gasteiger charge is -2.08. The fourth-order valence-corrected chi connectivity index (χ4v) is 1.64. The predicted molar refractivity (Wildman–Crippen MR) is 58.4 cm³/mol. The number of ether oxygens (including phenoxy) is 1. The summed E-state index contributed by atoms with van der Waals surface area (Å²) in [5, 5.41) is 0. The number of hydrogen-bond donors (Lipinski definition) is 0. The van der Waals surface area contributed by atoms with Crippen molar-refractivity contribution in [2.45, 2.75) is 13.0 Å². The SMILES string of the molecule is O=C1C=CCC1COCc1ccccc1. The molecule has 2 nitrogen and oxygen atoms in total. The molecule has 0 aliphatic heterocycles. The Hall–Kier alpha value is -1.41. The number of rotatable bonds is 4. The first-order valence-electron chi connectivity index (χ1n) is 5.18. The highest BCUT2D eigenvalue weighted by Gasteiger charge is 2.19. The Kier molecular flexibility index (Phi) is 3.30. The average molecular weight is 202 g/mol.